The van der Waals surface area contributed by atoms with Crippen LogP contribution in [0.15, 0.2) is 35.5 Å². The van der Waals surface area contributed by atoms with E-state index in [0.717, 1.165) is 4.88 Å². The van der Waals surface area contributed by atoms with Crippen LogP contribution in [-0.4, -0.2) is 36.7 Å². The largest absolute Gasteiger partial charge is 0.382 e. The Kier molecular flexibility index (Phi) is 6.08. The number of aryl methyl sites for hydroxylation is 1. The van der Waals surface area contributed by atoms with E-state index in [4.69, 9.17) is 16.4 Å². The zero-order chi connectivity index (χ0) is 19.4. The summed E-state index contributed by atoms with van der Waals surface area (Å²) < 4.78 is 14.1. The summed E-state index contributed by atoms with van der Waals surface area (Å²) in [5.41, 5.74) is 1.39. The van der Waals surface area contributed by atoms with Crippen molar-refractivity contribution in [1.82, 2.24) is 10.6 Å². The Morgan fingerprint density at radius 1 is 1.30 bits per heavy atom. The summed E-state index contributed by atoms with van der Waals surface area (Å²) in [6.45, 7) is 2.06. The van der Waals surface area contributed by atoms with E-state index in [1.165, 1.54) is 17.4 Å². The van der Waals surface area contributed by atoms with Crippen molar-refractivity contribution in [1.29, 1.82) is 0 Å². The van der Waals surface area contributed by atoms with E-state index in [1.54, 1.807) is 25.1 Å². The van der Waals surface area contributed by atoms with Gasteiger partial charge in [-0.2, -0.15) is 0 Å². The molecule has 2 aromatic rings. The molecule has 9 heteroatoms. The zero-order valence-corrected chi connectivity index (χ0v) is 16.0. The van der Waals surface area contributed by atoms with Gasteiger partial charge in [0.15, 0.2) is 0 Å². The third-order valence-electron chi connectivity index (χ3n) is 3.96. The standard InChI is InChI=1S/C18H17ClFN3O3S/c1-10-2-3-11(8-12(10)20)17(24)21-6-7-22-18(25)14-9-13(23-26-14)15-4-5-16(19)27-15/h2-5,8,14H,6-7,9H2,1H3,(H,21,24)(H,22,25). The van der Waals surface area contributed by atoms with E-state index in [-0.39, 0.29) is 24.6 Å². The summed E-state index contributed by atoms with van der Waals surface area (Å²) in [6.07, 6.45) is -0.347. The van der Waals surface area contributed by atoms with Crippen molar-refractivity contribution in [3.63, 3.8) is 0 Å². The molecular formula is C18H17ClFN3O3S. The molecule has 2 amide bonds. The minimum atomic E-state index is -0.706. The summed E-state index contributed by atoms with van der Waals surface area (Å²) in [4.78, 5) is 30.1. The lowest BCUT2D eigenvalue weighted by Gasteiger charge is -2.10. The van der Waals surface area contributed by atoms with Crippen LogP contribution in [0.1, 0.15) is 27.2 Å². The molecule has 0 saturated heterocycles. The molecule has 0 radical (unpaired) electrons. The zero-order valence-electron chi connectivity index (χ0n) is 14.4. The van der Waals surface area contributed by atoms with Crippen LogP contribution in [0.3, 0.4) is 0 Å². The second-order valence-electron chi connectivity index (χ2n) is 5.95. The van der Waals surface area contributed by atoms with Gasteiger partial charge in [0, 0.05) is 25.1 Å². The Bertz CT molecular complexity index is 900. The van der Waals surface area contributed by atoms with Crippen LogP contribution in [0.2, 0.25) is 4.34 Å². The van der Waals surface area contributed by atoms with E-state index < -0.39 is 17.8 Å². The normalized spacial score (nSPS) is 15.8. The van der Waals surface area contributed by atoms with Gasteiger partial charge in [-0.15, -0.1) is 11.3 Å². The summed E-state index contributed by atoms with van der Waals surface area (Å²) in [5, 5.41) is 9.24. The molecule has 1 aliphatic heterocycles. The van der Waals surface area contributed by atoms with Gasteiger partial charge in [0.25, 0.3) is 11.8 Å². The average molecular weight is 410 g/mol. The fraction of sp³-hybridized carbons (Fsp3) is 0.278. The molecule has 1 atom stereocenters. The van der Waals surface area contributed by atoms with Crippen molar-refractivity contribution in [3.8, 4) is 0 Å². The molecule has 1 aromatic heterocycles. The number of thiophene rings is 1. The number of hydrogen-bond donors (Lipinski definition) is 2. The lowest BCUT2D eigenvalue weighted by molar-refractivity contribution is -0.131. The minimum Gasteiger partial charge on any atom is -0.382 e. The highest BCUT2D eigenvalue weighted by atomic mass is 35.5. The lowest BCUT2D eigenvalue weighted by atomic mass is 10.1. The van der Waals surface area contributed by atoms with Crippen LogP contribution in [-0.2, 0) is 9.63 Å². The lowest BCUT2D eigenvalue weighted by Crippen LogP contribution is -2.39. The van der Waals surface area contributed by atoms with E-state index in [9.17, 15) is 14.0 Å². The number of carbonyl (C=O) groups excluding carboxylic acids is 2. The molecular weight excluding hydrogens is 393 g/mol. The number of benzene rings is 1. The van der Waals surface area contributed by atoms with Crippen LogP contribution in [0.25, 0.3) is 0 Å². The van der Waals surface area contributed by atoms with Gasteiger partial charge in [-0.25, -0.2) is 4.39 Å². The van der Waals surface area contributed by atoms with E-state index in [0.29, 0.717) is 22.0 Å². The molecule has 0 fully saturated rings. The van der Waals surface area contributed by atoms with Crippen molar-refractivity contribution in [2.45, 2.75) is 19.4 Å². The van der Waals surface area contributed by atoms with E-state index >= 15 is 0 Å². The maximum Gasteiger partial charge on any atom is 0.264 e. The Labute approximate surface area is 164 Å². The van der Waals surface area contributed by atoms with Gasteiger partial charge >= 0.3 is 0 Å². The highest BCUT2D eigenvalue weighted by Crippen LogP contribution is 2.26. The predicted molar refractivity (Wildman–Crippen MR) is 102 cm³/mol. The molecule has 0 spiro atoms. The molecule has 1 aromatic carbocycles. The highest BCUT2D eigenvalue weighted by molar-refractivity contribution is 7.18. The van der Waals surface area contributed by atoms with Gasteiger partial charge in [0.1, 0.15) is 11.5 Å². The van der Waals surface area contributed by atoms with Gasteiger partial charge in [-0.1, -0.05) is 22.8 Å². The Hall–Kier alpha value is -2.45. The second kappa shape index (κ2) is 8.49. The van der Waals surface area contributed by atoms with Crippen LogP contribution >= 0.6 is 22.9 Å². The molecule has 1 aliphatic rings. The monoisotopic (exact) mass is 409 g/mol. The maximum absolute atomic E-state index is 13.5. The molecule has 0 aliphatic carbocycles. The SMILES string of the molecule is Cc1ccc(C(=O)NCCNC(=O)C2CC(c3ccc(Cl)s3)=NO2)cc1F. The number of nitrogens with zero attached hydrogens (tertiary/aromatic N) is 1. The first-order chi connectivity index (χ1) is 12.9. The number of carbonyl (C=O) groups is 2. The Balaban J connectivity index is 1.40. The van der Waals surface area contributed by atoms with Gasteiger partial charge in [-0.3, -0.25) is 9.59 Å². The summed E-state index contributed by atoms with van der Waals surface area (Å²) in [6, 6.07) is 7.88. The number of halogens is 2. The number of hydrogen-bond acceptors (Lipinski definition) is 5. The molecule has 1 unspecified atom stereocenters. The predicted octanol–water partition coefficient (Wildman–Crippen LogP) is 2.89. The third kappa shape index (κ3) is 4.84. The minimum absolute atomic E-state index is 0.209. The van der Waals surface area contributed by atoms with Crippen LogP contribution in [0.5, 0.6) is 0 Å². The molecule has 0 bridgehead atoms. The van der Waals surface area contributed by atoms with E-state index in [2.05, 4.69) is 15.8 Å². The molecule has 0 saturated carbocycles. The molecule has 2 N–H and O–H groups in total. The van der Waals surface area contributed by atoms with Crippen molar-refractivity contribution in [2.24, 2.45) is 5.16 Å². The third-order valence-corrected chi connectivity index (χ3v) is 5.24. The smallest absolute Gasteiger partial charge is 0.264 e. The maximum atomic E-state index is 13.5. The van der Waals surface area contributed by atoms with Crippen molar-refractivity contribution in [3.05, 3.63) is 56.5 Å². The molecule has 3 rings (SSSR count). The second-order valence-corrected chi connectivity index (χ2v) is 7.67. The fourth-order valence-electron chi connectivity index (χ4n) is 2.44. The van der Waals surface area contributed by atoms with E-state index in [1.807, 2.05) is 6.07 Å². The Morgan fingerprint density at radius 3 is 2.78 bits per heavy atom. The van der Waals surface area contributed by atoms with Crippen LogP contribution in [0.4, 0.5) is 4.39 Å². The van der Waals surface area contributed by atoms with Crippen molar-refractivity contribution < 1.29 is 18.8 Å². The molecule has 142 valence electrons. The molecule has 2 heterocycles. The quantitative estimate of drug-likeness (QED) is 0.720. The topological polar surface area (TPSA) is 79.8 Å². The summed E-state index contributed by atoms with van der Waals surface area (Å²) >= 11 is 7.27. The van der Waals surface area contributed by atoms with Crippen LogP contribution < -0.4 is 10.6 Å². The van der Waals surface area contributed by atoms with Gasteiger partial charge in [0.2, 0.25) is 6.10 Å². The number of amides is 2. The first-order valence-electron chi connectivity index (χ1n) is 8.24. The van der Waals surface area contributed by atoms with Crippen LogP contribution in [0, 0.1) is 12.7 Å². The number of oxime groups is 1. The number of nitrogens with one attached hydrogen (secondary N) is 2. The molecule has 6 nitrogen and oxygen atoms in total. The fourth-order valence-corrected chi connectivity index (χ4v) is 3.48. The van der Waals surface area contributed by atoms with Gasteiger partial charge in [-0.05, 0) is 36.8 Å². The number of rotatable bonds is 6. The molecule has 27 heavy (non-hydrogen) atoms. The van der Waals surface area contributed by atoms with Crippen molar-refractivity contribution in [2.75, 3.05) is 13.1 Å². The highest BCUT2D eigenvalue weighted by Gasteiger charge is 2.29. The first-order valence-corrected chi connectivity index (χ1v) is 9.44. The average Bonchev–Trinajstić information content (AvgIpc) is 3.29. The first kappa shape index (κ1) is 19.3. The Morgan fingerprint density at radius 2 is 2.07 bits per heavy atom. The summed E-state index contributed by atoms with van der Waals surface area (Å²) in [7, 11) is 0. The summed E-state index contributed by atoms with van der Waals surface area (Å²) in [5.74, 6) is -1.15. The van der Waals surface area contributed by atoms with Gasteiger partial charge < -0.3 is 15.5 Å². The van der Waals surface area contributed by atoms with Gasteiger partial charge in [0.05, 0.1) is 9.21 Å². The van der Waals surface area contributed by atoms with Crippen molar-refractivity contribution >= 4 is 40.5 Å².